The highest BCUT2D eigenvalue weighted by Crippen LogP contribution is 2.17. The summed E-state index contributed by atoms with van der Waals surface area (Å²) in [6.07, 6.45) is -0.613. The molecule has 0 bridgehead atoms. The monoisotopic (exact) mass is 300 g/mol. The summed E-state index contributed by atoms with van der Waals surface area (Å²) < 4.78 is 32.5. The molecule has 0 aromatic heterocycles. The van der Waals surface area contributed by atoms with Crippen molar-refractivity contribution in [3.8, 4) is 0 Å². The van der Waals surface area contributed by atoms with Gasteiger partial charge in [0.1, 0.15) is 17.2 Å². The lowest BCUT2D eigenvalue weighted by Gasteiger charge is -2.21. The zero-order chi connectivity index (χ0) is 16.2. The van der Waals surface area contributed by atoms with Gasteiger partial charge >= 0.3 is 6.09 Å². The standard InChI is InChI=1S/C15H22F2N2O2/c1-9-5-6-12(16)11(13(9)17)7-10(18)8-19-14(20)21-15(2,3)4/h5-6,10H,7-8,18H2,1-4H3,(H,19,20). The van der Waals surface area contributed by atoms with Gasteiger partial charge in [-0.2, -0.15) is 0 Å². The summed E-state index contributed by atoms with van der Waals surface area (Å²) in [6, 6.07) is 1.98. The maximum Gasteiger partial charge on any atom is 0.407 e. The molecule has 0 aliphatic heterocycles. The zero-order valence-electron chi connectivity index (χ0n) is 12.8. The van der Waals surface area contributed by atoms with Crippen LogP contribution >= 0.6 is 0 Å². The van der Waals surface area contributed by atoms with E-state index in [9.17, 15) is 13.6 Å². The number of carbonyl (C=O) groups is 1. The van der Waals surface area contributed by atoms with Crippen LogP contribution in [0.5, 0.6) is 0 Å². The fraction of sp³-hybridized carbons (Fsp3) is 0.533. The highest BCUT2D eigenvalue weighted by atomic mass is 19.1. The number of hydrogen-bond donors (Lipinski definition) is 2. The molecule has 0 fully saturated rings. The van der Waals surface area contributed by atoms with Gasteiger partial charge in [0.2, 0.25) is 0 Å². The van der Waals surface area contributed by atoms with E-state index < -0.39 is 29.4 Å². The van der Waals surface area contributed by atoms with Gasteiger partial charge in [0.25, 0.3) is 0 Å². The van der Waals surface area contributed by atoms with Gasteiger partial charge in [-0.25, -0.2) is 13.6 Å². The minimum Gasteiger partial charge on any atom is -0.444 e. The summed E-state index contributed by atoms with van der Waals surface area (Å²) >= 11 is 0. The number of ether oxygens (including phenoxy) is 1. The first-order valence-electron chi connectivity index (χ1n) is 6.76. The molecule has 0 saturated heterocycles. The number of hydrogen-bond acceptors (Lipinski definition) is 3. The van der Waals surface area contributed by atoms with E-state index in [4.69, 9.17) is 10.5 Å². The van der Waals surface area contributed by atoms with E-state index in [1.54, 1.807) is 27.7 Å². The Hall–Kier alpha value is -1.69. The third-order valence-corrected chi connectivity index (χ3v) is 2.75. The molecule has 3 N–H and O–H groups in total. The summed E-state index contributed by atoms with van der Waals surface area (Å²) in [6.45, 7) is 6.85. The zero-order valence-corrected chi connectivity index (χ0v) is 12.8. The summed E-state index contributed by atoms with van der Waals surface area (Å²) in [4.78, 5) is 11.5. The number of carbonyl (C=O) groups excluding carboxylic acids is 1. The Kier molecular flexibility index (Phi) is 5.66. The number of amides is 1. The van der Waals surface area contributed by atoms with E-state index >= 15 is 0 Å². The lowest BCUT2D eigenvalue weighted by atomic mass is 10.0. The van der Waals surface area contributed by atoms with Gasteiger partial charge in [-0.1, -0.05) is 6.07 Å². The van der Waals surface area contributed by atoms with Crippen LogP contribution in [0.2, 0.25) is 0 Å². The molecule has 1 rings (SSSR count). The Labute approximate surface area is 123 Å². The third-order valence-electron chi connectivity index (χ3n) is 2.75. The number of halogens is 2. The molecule has 118 valence electrons. The van der Waals surface area contributed by atoms with Gasteiger partial charge in [0, 0.05) is 18.2 Å². The van der Waals surface area contributed by atoms with Crippen molar-refractivity contribution in [2.45, 2.75) is 45.8 Å². The Morgan fingerprint density at radius 3 is 2.57 bits per heavy atom. The molecule has 0 spiro atoms. The largest absolute Gasteiger partial charge is 0.444 e. The van der Waals surface area contributed by atoms with Crippen LogP contribution in [-0.4, -0.2) is 24.3 Å². The molecule has 0 heterocycles. The minimum atomic E-state index is -0.634. The van der Waals surface area contributed by atoms with E-state index in [0.29, 0.717) is 5.56 Å². The van der Waals surface area contributed by atoms with E-state index in [-0.39, 0.29) is 18.5 Å². The summed E-state index contributed by atoms with van der Waals surface area (Å²) in [5, 5.41) is 2.48. The molecule has 0 radical (unpaired) electrons. The second-order valence-corrected chi connectivity index (χ2v) is 6.00. The van der Waals surface area contributed by atoms with Crippen molar-refractivity contribution < 1.29 is 18.3 Å². The number of rotatable bonds is 4. The fourth-order valence-electron chi connectivity index (χ4n) is 1.76. The lowest BCUT2D eigenvalue weighted by molar-refractivity contribution is 0.0524. The van der Waals surface area contributed by atoms with Gasteiger partial charge in [-0.15, -0.1) is 0 Å². The van der Waals surface area contributed by atoms with Crippen LogP contribution in [0.4, 0.5) is 13.6 Å². The highest BCUT2D eigenvalue weighted by Gasteiger charge is 2.18. The van der Waals surface area contributed by atoms with E-state index in [0.717, 1.165) is 0 Å². The average Bonchev–Trinajstić information content (AvgIpc) is 2.35. The second kappa shape index (κ2) is 6.85. The van der Waals surface area contributed by atoms with Crippen LogP contribution in [0.15, 0.2) is 12.1 Å². The van der Waals surface area contributed by atoms with Crippen molar-refractivity contribution in [1.82, 2.24) is 5.32 Å². The summed E-state index contributed by atoms with van der Waals surface area (Å²) in [5.41, 5.74) is 5.49. The normalized spacial score (nSPS) is 12.9. The first-order chi connectivity index (χ1) is 9.60. The number of nitrogens with one attached hydrogen (secondary N) is 1. The Morgan fingerprint density at radius 2 is 2.00 bits per heavy atom. The topological polar surface area (TPSA) is 64.3 Å². The van der Waals surface area contributed by atoms with Crippen LogP contribution in [-0.2, 0) is 11.2 Å². The first kappa shape index (κ1) is 17.4. The van der Waals surface area contributed by atoms with Crippen molar-refractivity contribution in [3.63, 3.8) is 0 Å². The molecule has 1 amide bonds. The second-order valence-electron chi connectivity index (χ2n) is 6.00. The van der Waals surface area contributed by atoms with Gasteiger partial charge in [0.05, 0.1) is 0 Å². The van der Waals surface area contributed by atoms with Crippen molar-refractivity contribution >= 4 is 6.09 Å². The van der Waals surface area contributed by atoms with Crippen molar-refractivity contribution in [2.24, 2.45) is 5.73 Å². The number of nitrogens with two attached hydrogens (primary N) is 1. The van der Waals surface area contributed by atoms with Crippen molar-refractivity contribution in [2.75, 3.05) is 6.54 Å². The summed E-state index contributed by atoms with van der Waals surface area (Å²) in [5.74, 6) is -1.23. The van der Waals surface area contributed by atoms with Crippen LogP contribution in [0.1, 0.15) is 31.9 Å². The molecule has 0 aliphatic carbocycles. The van der Waals surface area contributed by atoms with Gasteiger partial charge in [-0.3, -0.25) is 0 Å². The predicted octanol–water partition coefficient (Wildman–Crippen LogP) is 2.67. The van der Waals surface area contributed by atoms with Crippen molar-refractivity contribution in [3.05, 3.63) is 34.9 Å². The maximum absolute atomic E-state index is 13.8. The van der Waals surface area contributed by atoms with E-state index in [1.807, 2.05) is 0 Å². The Morgan fingerprint density at radius 1 is 1.38 bits per heavy atom. The van der Waals surface area contributed by atoms with E-state index in [2.05, 4.69) is 5.32 Å². The third kappa shape index (κ3) is 5.67. The molecule has 1 aromatic carbocycles. The Bertz CT molecular complexity index is 513. The molecule has 1 unspecified atom stereocenters. The number of aryl methyl sites for hydroxylation is 1. The lowest BCUT2D eigenvalue weighted by Crippen LogP contribution is -2.41. The van der Waals surface area contributed by atoms with Crippen LogP contribution < -0.4 is 11.1 Å². The van der Waals surface area contributed by atoms with Gasteiger partial charge in [0.15, 0.2) is 0 Å². The van der Waals surface area contributed by atoms with Crippen LogP contribution in [0.25, 0.3) is 0 Å². The summed E-state index contributed by atoms with van der Waals surface area (Å²) in [7, 11) is 0. The molecule has 4 nitrogen and oxygen atoms in total. The quantitative estimate of drug-likeness (QED) is 0.898. The minimum absolute atomic E-state index is 0.00482. The molecule has 1 aromatic rings. The van der Waals surface area contributed by atoms with E-state index in [1.165, 1.54) is 12.1 Å². The predicted molar refractivity (Wildman–Crippen MR) is 77.0 cm³/mol. The van der Waals surface area contributed by atoms with Crippen LogP contribution in [0.3, 0.4) is 0 Å². The average molecular weight is 300 g/mol. The molecule has 0 aliphatic rings. The first-order valence-corrected chi connectivity index (χ1v) is 6.76. The molecule has 1 atom stereocenters. The Balaban J connectivity index is 2.57. The SMILES string of the molecule is Cc1ccc(F)c(CC(N)CNC(=O)OC(C)(C)C)c1F. The number of alkyl carbamates (subject to hydrolysis) is 1. The number of benzene rings is 1. The fourth-order valence-corrected chi connectivity index (χ4v) is 1.76. The van der Waals surface area contributed by atoms with Crippen molar-refractivity contribution in [1.29, 1.82) is 0 Å². The smallest absolute Gasteiger partial charge is 0.407 e. The highest BCUT2D eigenvalue weighted by molar-refractivity contribution is 5.67. The molecule has 21 heavy (non-hydrogen) atoms. The van der Waals surface area contributed by atoms with Gasteiger partial charge < -0.3 is 15.8 Å². The van der Waals surface area contributed by atoms with Gasteiger partial charge in [-0.05, 0) is 45.7 Å². The molecular formula is C15H22F2N2O2. The molecular weight excluding hydrogens is 278 g/mol. The van der Waals surface area contributed by atoms with Crippen LogP contribution in [0, 0.1) is 18.6 Å². The maximum atomic E-state index is 13.8. The molecule has 0 saturated carbocycles. The molecule has 6 heteroatoms.